The molecule has 19 heavy (non-hydrogen) atoms. The molecule has 0 aliphatic heterocycles. The Hall–Kier alpha value is -1.34. The van der Waals surface area contributed by atoms with Crippen molar-refractivity contribution in [1.82, 2.24) is 4.90 Å². The molecule has 0 radical (unpaired) electrons. The SMILES string of the molecule is CC(C)N(CCO)Cc1ccccc1C#CCCO. The van der Waals surface area contributed by atoms with Crippen LogP contribution in [0.15, 0.2) is 24.3 Å². The molecule has 0 heterocycles. The van der Waals surface area contributed by atoms with Crippen molar-refractivity contribution in [2.45, 2.75) is 32.9 Å². The fourth-order valence-corrected chi connectivity index (χ4v) is 1.86. The van der Waals surface area contributed by atoms with Crippen LogP contribution in [-0.2, 0) is 6.54 Å². The molecule has 3 nitrogen and oxygen atoms in total. The highest BCUT2D eigenvalue weighted by molar-refractivity contribution is 5.41. The normalized spacial score (nSPS) is 10.6. The van der Waals surface area contributed by atoms with Crippen LogP contribution in [-0.4, -0.2) is 40.9 Å². The molecule has 0 amide bonds. The molecule has 0 spiro atoms. The van der Waals surface area contributed by atoms with Gasteiger partial charge in [-0.25, -0.2) is 0 Å². The lowest BCUT2D eigenvalue weighted by Gasteiger charge is -2.26. The second kappa shape index (κ2) is 8.71. The van der Waals surface area contributed by atoms with E-state index in [-0.39, 0.29) is 13.2 Å². The quantitative estimate of drug-likeness (QED) is 0.765. The number of aliphatic hydroxyl groups is 2. The maximum absolute atomic E-state index is 9.11. The van der Waals surface area contributed by atoms with Crippen LogP contribution in [0.3, 0.4) is 0 Å². The van der Waals surface area contributed by atoms with Gasteiger partial charge >= 0.3 is 0 Å². The Labute approximate surface area is 115 Å². The molecule has 0 atom stereocenters. The van der Waals surface area contributed by atoms with Crippen molar-refractivity contribution in [3.8, 4) is 11.8 Å². The fraction of sp³-hybridized carbons (Fsp3) is 0.500. The van der Waals surface area contributed by atoms with Gasteiger partial charge in [0, 0.05) is 31.1 Å². The summed E-state index contributed by atoms with van der Waals surface area (Å²) in [6.07, 6.45) is 0.499. The van der Waals surface area contributed by atoms with E-state index in [0.717, 1.165) is 17.7 Å². The zero-order valence-electron chi connectivity index (χ0n) is 11.8. The monoisotopic (exact) mass is 261 g/mol. The second-order valence-electron chi connectivity index (χ2n) is 4.72. The lowest BCUT2D eigenvalue weighted by molar-refractivity contribution is 0.159. The van der Waals surface area contributed by atoms with E-state index < -0.39 is 0 Å². The Balaban J connectivity index is 2.85. The van der Waals surface area contributed by atoms with Crippen LogP contribution in [0.2, 0.25) is 0 Å². The van der Waals surface area contributed by atoms with Gasteiger partial charge in [-0.15, -0.1) is 0 Å². The summed E-state index contributed by atoms with van der Waals surface area (Å²) in [5.41, 5.74) is 2.16. The van der Waals surface area contributed by atoms with Crippen LogP contribution in [0.1, 0.15) is 31.4 Å². The molecule has 0 aliphatic carbocycles. The number of hydrogen-bond acceptors (Lipinski definition) is 3. The molecule has 0 fully saturated rings. The van der Waals surface area contributed by atoms with E-state index in [1.807, 2.05) is 18.2 Å². The number of nitrogens with zero attached hydrogens (tertiary/aromatic N) is 1. The highest BCUT2D eigenvalue weighted by Crippen LogP contribution is 2.12. The second-order valence-corrected chi connectivity index (χ2v) is 4.72. The minimum Gasteiger partial charge on any atom is -0.395 e. The molecule has 2 N–H and O–H groups in total. The van der Waals surface area contributed by atoms with Crippen molar-refractivity contribution in [3.63, 3.8) is 0 Å². The molecule has 0 aromatic heterocycles. The first-order chi connectivity index (χ1) is 9.19. The number of aliphatic hydroxyl groups excluding tert-OH is 2. The summed E-state index contributed by atoms with van der Waals surface area (Å²) < 4.78 is 0. The highest BCUT2D eigenvalue weighted by atomic mass is 16.3. The summed E-state index contributed by atoms with van der Waals surface area (Å²) >= 11 is 0. The Morgan fingerprint density at radius 2 is 1.89 bits per heavy atom. The average Bonchev–Trinajstić information content (AvgIpc) is 2.40. The molecule has 0 unspecified atom stereocenters. The zero-order chi connectivity index (χ0) is 14.1. The van der Waals surface area contributed by atoms with E-state index in [4.69, 9.17) is 10.2 Å². The number of rotatable bonds is 6. The van der Waals surface area contributed by atoms with Crippen LogP contribution in [0.25, 0.3) is 0 Å². The lowest BCUT2D eigenvalue weighted by Crippen LogP contribution is -2.33. The van der Waals surface area contributed by atoms with Crippen molar-refractivity contribution in [2.24, 2.45) is 0 Å². The van der Waals surface area contributed by atoms with E-state index >= 15 is 0 Å². The van der Waals surface area contributed by atoms with Crippen molar-refractivity contribution in [3.05, 3.63) is 35.4 Å². The number of benzene rings is 1. The topological polar surface area (TPSA) is 43.7 Å². The maximum Gasteiger partial charge on any atom is 0.0558 e. The summed E-state index contributed by atoms with van der Waals surface area (Å²) in [4.78, 5) is 2.21. The summed E-state index contributed by atoms with van der Waals surface area (Å²) in [7, 11) is 0. The molecule has 1 aromatic carbocycles. The van der Waals surface area contributed by atoms with Crippen LogP contribution in [0.5, 0.6) is 0 Å². The zero-order valence-corrected chi connectivity index (χ0v) is 11.8. The first-order valence-corrected chi connectivity index (χ1v) is 6.71. The summed E-state index contributed by atoms with van der Waals surface area (Å²) in [6, 6.07) is 8.42. The molecule has 0 aliphatic rings. The largest absolute Gasteiger partial charge is 0.395 e. The Morgan fingerprint density at radius 1 is 1.16 bits per heavy atom. The Morgan fingerprint density at radius 3 is 2.53 bits per heavy atom. The first-order valence-electron chi connectivity index (χ1n) is 6.71. The van der Waals surface area contributed by atoms with Crippen molar-refractivity contribution in [2.75, 3.05) is 19.8 Å². The van der Waals surface area contributed by atoms with Gasteiger partial charge in [0.25, 0.3) is 0 Å². The van der Waals surface area contributed by atoms with Crippen LogP contribution < -0.4 is 0 Å². The van der Waals surface area contributed by atoms with Gasteiger partial charge in [0.15, 0.2) is 0 Å². The Bertz CT molecular complexity index is 432. The molecule has 0 saturated carbocycles. The summed E-state index contributed by atoms with van der Waals surface area (Å²) in [6.45, 7) is 5.94. The Kier molecular flexibility index (Phi) is 7.20. The van der Waals surface area contributed by atoms with Gasteiger partial charge in [-0.2, -0.15) is 0 Å². The van der Waals surface area contributed by atoms with Gasteiger partial charge in [0.05, 0.1) is 13.2 Å². The number of hydrogen-bond donors (Lipinski definition) is 2. The lowest BCUT2D eigenvalue weighted by atomic mass is 10.1. The summed E-state index contributed by atoms with van der Waals surface area (Å²) in [5, 5.41) is 17.9. The molecular weight excluding hydrogens is 238 g/mol. The van der Waals surface area contributed by atoms with Crippen LogP contribution in [0.4, 0.5) is 0 Å². The van der Waals surface area contributed by atoms with Crippen LogP contribution >= 0.6 is 0 Å². The third-order valence-electron chi connectivity index (χ3n) is 2.97. The first kappa shape index (κ1) is 15.7. The molecular formula is C16H23NO2. The minimum atomic E-state index is 0.0950. The summed E-state index contributed by atoms with van der Waals surface area (Å²) in [5.74, 6) is 6.06. The van der Waals surface area contributed by atoms with E-state index in [1.54, 1.807) is 0 Å². The van der Waals surface area contributed by atoms with Gasteiger partial charge in [0.2, 0.25) is 0 Å². The van der Waals surface area contributed by atoms with Gasteiger partial charge in [-0.3, -0.25) is 4.90 Å². The molecule has 1 aromatic rings. The molecule has 3 heteroatoms. The van der Waals surface area contributed by atoms with Crippen molar-refractivity contribution in [1.29, 1.82) is 0 Å². The van der Waals surface area contributed by atoms with E-state index in [9.17, 15) is 0 Å². The predicted octanol–water partition coefficient (Wildman–Crippen LogP) is 1.62. The standard InChI is InChI=1S/C16H23NO2/c1-14(2)17(10-12-19)13-16-9-4-3-7-15(16)8-5-6-11-18/h3-4,7,9,14,18-19H,6,10-13H2,1-2H3. The maximum atomic E-state index is 9.11. The third-order valence-corrected chi connectivity index (χ3v) is 2.97. The van der Waals surface area contributed by atoms with E-state index in [1.165, 1.54) is 0 Å². The molecule has 1 rings (SSSR count). The smallest absolute Gasteiger partial charge is 0.0558 e. The average molecular weight is 261 g/mol. The highest BCUT2D eigenvalue weighted by Gasteiger charge is 2.10. The van der Waals surface area contributed by atoms with Gasteiger partial charge in [-0.1, -0.05) is 30.0 Å². The van der Waals surface area contributed by atoms with Gasteiger partial charge < -0.3 is 10.2 Å². The fourth-order valence-electron chi connectivity index (χ4n) is 1.86. The van der Waals surface area contributed by atoms with Crippen LogP contribution in [0, 0.1) is 11.8 Å². The molecule has 0 bridgehead atoms. The molecule has 104 valence electrons. The van der Waals surface area contributed by atoms with Gasteiger partial charge in [0.1, 0.15) is 0 Å². The van der Waals surface area contributed by atoms with Gasteiger partial charge in [-0.05, 0) is 25.5 Å². The van der Waals surface area contributed by atoms with Crippen molar-refractivity contribution >= 4 is 0 Å². The van der Waals surface area contributed by atoms with E-state index in [0.29, 0.717) is 19.0 Å². The third kappa shape index (κ3) is 5.44. The predicted molar refractivity (Wildman–Crippen MR) is 77.7 cm³/mol. The van der Waals surface area contributed by atoms with Crippen molar-refractivity contribution < 1.29 is 10.2 Å². The minimum absolute atomic E-state index is 0.0950. The molecule has 0 saturated heterocycles. The van der Waals surface area contributed by atoms with E-state index in [2.05, 4.69) is 36.7 Å².